The first-order chi connectivity index (χ1) is 7.85. The van der Waals surface area contributed by atoms with E-state index in [0.717, 1.165) is 0 Å². The van der Waals surface area contributed by atoms with Crippen molar-refractivity contribution >= 4 is 25.6 Å². The number of carbonyl (C=O) groups is 1. The summed E-state index contributed by atoms with van der Waals surface area (Å²) in [5, 5.41) is 0. The Morgan fingerprint density at radius 3 is 2.53 bits per heavy atom. The van der Waals surface area contributed by atoms with Gasteiger partial charge < -0.3 is 14.4 Å². The van der Waals surface area contributed by atoms with E-state index in [-0.39, 0.29) is 24.0 Å². The van der Waals surface area contributed by atoms with E-state index in [1.165, 1.54) is 19.1 Å². The highest BCUT2D eigenvalue weighted by Crippen LogP contribution is 2.21. The van der Waals surface area contributed by atoms with E-state index in [1.54, 1.807) is 0 Å². The molecule has 0 aromatic rings. The molecule has 0 bridgehead atoms. The fraction of sp³-hybridized carbons (Fsp3) is 0.889. The Labute approximate surface area is 105 Å². The molecule has 1 aliphatic heterocycles. The standard InChI is InChI=1S/C9H16ClNO5S/c1-15-9(16-2)5-11-4-7(3-8(11)12)6-17(10,13)14/h7,9H,3-6H2,1-2H3. The van der Waals surface area contributed by atoms with Crippen LogP contribution in [0.15, 0.2) is 0 Å². The number of methoxy groups -OCH3 is 2. The predicted octanol–water partition coefficient (Wildman–Crippen LogP) is 0.0224. The molecular formula is C9H16ClNO5S. The first-order valence-corrected chi connectivity index (χ1v) is 7.59. The van der Waals surface area contributed by atoms with Crippen molar-refractivity contribution < 1.29 is 22.7 Å². The van der Waals surface area contributed by atoms with Gasteiger partial charge in [-0.15, -0.1) is 0 Å². The highest BCUT2D eigenvalue weighted by atomic mass is 35.7. The minimum absolute atomic E-state index is 0.102. The number of rotatable bonds is 6. The van der Waals surface area contributed by atoms with Crippen LogP contribution in [-0.2, 0) is 23.3 Å². The number of amides is 1. The molecule has 0 N–H and O–H groups in total. The number of hydrogen-bond acceptors (Lipinski definition) is 5. The van der Waals surface area contributed by atoms with Crippen LogP contribution in [0.4, 0.5) is 0 Å². The topological polar surface area (TPSA) is 72.9 Å². The van der Waals surface area contributed by atoms with Gasteiger partial charge in [0.25, 0.3) is 0 Å². The van der Waals surface area contributed by atoms with Gasteiger partial charge in [0, 0.05) is 43.8 Å². The van der Waals surface area contributed by atoms with E-state index in [9.17, 15) is 13.2 Å². The summed E-state index contributed by atoms with van der Waals surface area (Å²) in [5.41, 5.74) is 0. The largest absolute Gasteiger partial charge is 0.354 e. The van der Waals surface area contributed by atoms with E-state index < -0.39 is 15.3 Å². The zero-order valence-electron chi connectivity index (χ0n) is 9.76. The van der Waals surface area contributed by atoms with Crippen molar-refractivity contribution in [3.8, 4) is 0 Å². The molecule has 1 rings (SSSR count). The first kappa shape index (κ1) is 14.7. The molecule has 0 radical (unpaired) electrons. The van der Waals surface area contributed by atoms with Crippen LogP contribution in [0.25, 0.3) is 0 Å². The van der Waals surface area contributed by atoms with Gasteiger partial charge in [0.15, 0.2) is 6.29 Å². The second-order valence-electron chi connectivity index (χ2n) is 3.98. The molecule has 1 unspecified atom stereocenters. The number of nitrogens with zero attached hydrogens (tertiary/aromatic N) is 1. The lowest BCUT2D eigenvalue weighted by molar-refractivity contribution is -0.141. The minimum atomic E-state index is -3.56. The number of likely N-dealkylation sites (tertiary alicyclic amines) is 1. The van der Waals surface area contributed by atoms with Crippen LogP contribution in [0.2, 0.25) is 0 Å². The summed E-state index contributed by atoms with van der Waals surface area (Å²) in [6.07, 6.45) is -0.295. The number of halogens is 1. The van der Waals surface area contributed by atoms with Crippen LogP contribution in [-0.4, -0.2) is 58.6 Å². The van der Waals surface area contributed by atoms with Gasteiger partial charge in [0.2, 0.25) is 15.0 Å². The molecule has 1 fully saturated rings. The molecule has 1 heterocycles. The van der Waals surface area contributed by atoms with Gasteiger partial charge in [0.05, 0.1) is 12.3 Å². The molecule has 8 heteroatoms. The molecule has 6 nitrogen and oxygen atoms in total. The van der Waals surface area contributed by atoms with Crippen LogP contribution in [0.3, 0.4) is 0 Å². The fourth-order valence-electron chi connectivity index (χ4n) is 1.85. The molecule has 0 saturated carbocycles. The Morgan fingerprint density at radius 2 is 2.06 bits per heavy atom. The maximum atomic E-state index is 11.6. The second-order valence-corrected chi connectivity index (χ2v) is 6.80. The normalized spacial score (nSPS) is 21.5. The predicted molar refractivity (Wildman–Crippen MR) is 62.1 cm³/mol. The summed E-state index contributed by atoms with van der Waals surface area (Å²) in [6.45, 7) is 0.665. The summed E-state index contributed by atoms with van der Waals surface area (Å²) < 4.78 is 31.8. The lowest BCUT2D eigenvalue weighted by Crippen LogP contribution is -2.35. The molecule has 100 valence electrons. The van der Waals surface area contributed by atoms with E-state index in [4.69, 9.17) is 20.2 Å². The Bertz CT molecular complexity index is 368. The minimum Gasteiger partial charge on any atom is -0.354 e. The van der Waals surface area contributed by atoms with Crippen molar-refractivity contribution in [1.29, 1.82) is 0 Å². The molecule has 0 aromatic carbocycles. The molecule has 1 amide bonds. The van der Waals surface area contributed by atoms with Crippen LogP contribution < -0.4 is 0 Å². The molecule has 0 aromatic heterocycles. The van der Waals surface area contributed by atoms with Crippen molar-refractivity contribution in [3.63, 3.8) is 0 Å². The number of hydrogen-bond donors (Lipinski definition) is 0. The molecule has 17 heavy (non-hydrogen) atoms. The summed E-state index contributed by atoms with van der Waals surface area (Å²) in [6, 6.07) is 0. The van der Waals surface area contributed by atoms with Crippen LogP contribution in [0.1, 0.15) is 6.42 Å². The molecule has 1 saturated heterocycles. The van der Waals surface area contributed by atoms with Crippen molar-refractivity contribution in [1.82, 2.24) is 4.90 Å². The lowest BCUT2D eigenvalue weighted by atomic mass is 10.1. The van der Waals surface area contributed by atoms with Gasteiger partial charge in [-0.2, -0.15) is 0 Å². The van der Waals surface area contributed by atoms with Crippen LogP contribution >= 0.6 is 10.7 Å². The van der Waals surface area contributed by atoms with Crippen molar-refractivity contribution in [2.45, 2.75) is 12.7 Å². The Kier molecular flexibility index (Phi) is 5.18. The Morgan fingerprint density at radius 1 is 1.47 bits per heavy atom. The summed E-state index contributed by atoms with van der Waals surface area (Å²) >= 11 is 0. The first-order valence-electron chi connectivity index (χ1n) is 5.11. The third-order valence-electron chi connectivity index (χ3n) is 2.62. The summed E-state index contributed by atoms with van der Waals surface area (Å²) in [4.78, 5) is 13.1. The molecule has 0 spiro atoms. The zero-order chi connectivity index (χ0) is 13.1. The third-order valence-corrected chi connectivity index (χ3v) is 3.87. The van der Waals surface area contributed by atoms with Crippen molar-refractivity contribution in [2.24, 2.45) is 5.92 Å². The SMILES string of the molecule is COC(CN1CC(CS(=O)(=O)Cl)CC1=O)OC. The van der Waals surface area contributed by atoms with Crippen LogP contribution in [0, 0.1) is 5.92 Å². The monoisotopic (exact) mass is 285 g/mol. The second kappa shape index (κ2) is 5.99. The van der Waals surface area contributed by atoms with Gasteiger partial charge in [0.1, 0.15) is 0 Å². The Balaban J connectivity index is 2.52. The van der Waals surface area contributed by atoms with E-state index in [1.807, 2.05) is 0 Å². The quantitative estimate of drug-likeness (QED) is 0.508. The number of ether oxygens (including phenoxy) is 2. The van der Waals surface area contributed by atoms with Crippen LogP contribution in [0.5, 0.6) is 0 Å². The van der Waals surface area contributed by atoms with Crippen molar-refractivity contribution in [3.05, 3.63) is 0 Å². The van der Waals surface area contributed by atoms with Gasteiger partial charge >= 0.3 is 0 Å². The van der Waals surface area contributed by atoms with Gasteiger partial charge in [-0.3, -0.25) is 4.79 Å². The zero-order valence-corrected chi connectivity index (χ0v) is 11.3. The van der Waals surface area contributed by atoms with Gasteiger partial charge in [-0.05, 0) is 0 Å². The highest BCUT2D eigenvalue weighted by Gasteiger charge is 2.33. The smallest absolute Gasteiger partial charge is 0.232 e. The molecular weight excluding hydrogens is 270 g/mol. The van der Waals surface area contributed by atoms with E-state index in [2.05, 4.69) is 0 Å². The van der Waals surface area contributed by atoms with Gasteiger partial charge in [-0.25, -0.2) is 8.42 Å². The lowest BCUT2D eigenvalue weighted by Gasteiger charge is -2.21. The van der Waals surface area contributed by atoms with E-state index in [0.29, 0.717) is 13.1 Å². The maximum Gasteiger partial charge on any atom is 0.232 e. The van der Waals surface area contributed by atoms with E-state index >= 15 is 0 Å². The average Bonchev–Trinajstić information content (AvgIpc) is 2.52. The highest BCUT2D eigenvalue weighted by molar-refractivity contribution is 8.13. The maximum absolute atomic E-state index is 11.6. The van der Waals surface area contributed by atoms with Crippen molar-refractivity contribution in [2.75, 3.05) is 33.1 Å². The van der Waals surface area contributed by atoms with Gasteiger partial charge in [-0.1, -0.05) is 0 Å². The Hall–Kier alpha value is -0.370. The summed E-state index contributed by atoms with van der Waals surface area (Å²) in [5.74, 6) is -0.532. The fourth-order valence-corrected chi connectivity index (χ4v) is 3.17. The molecule has 1 aliphatic rings. The molecule has 0 aliphatic carbocycles. The summed E-state index contributed by atoms with van der Waals surface area (Å²) in [7, 11) is 4.56. The third kappa shape index (κ3) is 4.79. The number of carbonyl (C=O) groups excluding carboxylic acids is 1. The molecule has 1 atom stereocenters. The average molecular weight is 286 g/mol.